The lowest BCUT2D eigenvalue weighted by molar-refractivity contribution is 0.659. The lowest BCUT2D eigenvalue weighted by Gasteiger charge is -2.06. The molecule has 0 fully saturated rings. The number of pyridine rings is 1. The first-order chi connectivity index (χ1) is 14.0. The number of rotatable bonds is 5. The zero-order chi connectivity index (χ0) is 20.4. The number of hydrazone groups is 1. The average Bonchev–Trinajstić information content (AvgIpc) is 2.97. The molecule has 2 aromatic heterocycles. The number of halogens is 1. The lowest BCUT2D eigenvalue weighted by atomic mass is 10.1. The maximum absolute atomic E-state index is 6.06. The van der Waals surface area contributed by atoms with Crippen LogP contribution in [0.5, 0.6) is 0 Å². The van der Waals surface area contributed by atoms with Crippen molar-refractivity contribution in [3.05, 3.63) is 87.8 Å². The highest BCUT2D eigenvalue weighted by Crippen LogP contribution is 2.24. The van der Waals surface area contributed by atoms with Gasteiger partial charge in [0.1, 0.15) is 0 Å². The van der Waals surface area contributed by atoms with Crippen LogP contribution >= 0.6 is 11.6 Å². The Morgan fingerprint density at radius 2 is 1.86 bits per heavy atom. The number of aromatic nitrogens is 3. The Balaban J connectivity index is 1.55. The Hall–Kier alpha value is -3.18. The summed E-state index contributed by atoms with van der Waals surface area (Å²) >= 11 is 6.06. The van der Waals surface area contributed by atoms with Crippen molar-refractivity contribution in [2.75, 3.05) is 5.43 Å². The first kappa shape index (κ1) is 19.2. The number of aryl methyl sites for hydroxylation is 2. The fourth-order valence-electron chi connectivity index (χ4n) is 3.30. The van der Waals surface area contributed by atoms with Gasteiger partial charge in [0.25, 0.3) is 0 Å². The van der Waals surface area contributed by atoms with Crippen LogP contribution in [0.25, 0.3) is 10.9 Å². The van der Waals surface area contributed by atoms with Crippen molar-refractivity contribution in [3.8, 4) is 0 Å². The fourth-order valence-corrected chi connectivity index (χ4v) is 3.47. The summed E-state index contributed by atoms with van der Waals surface area (Å²) in [6, 6.07) is 16.1. The molecule has 4 rings (SSSR count). The minimum absolute atomic E-state index is 0.665. The van der Waals surface area contributed by atoms with E-state index >= 15 is 0 Å². The molecule has 0 saturated carbocycles. The second-order valence-corrected chi connectivity index (χ2v) is 7.55. The normalized spacial score (nSPS) is 11.4. The van der Waals surface area contributed by atoms with Gasteiger partial charge < -0.3 is 0 Å². The summed E-state index contributed by atoms with van der Waals surface area (Å²) in [7, 11) is 0. The van der Waals surface area contributed by atoms with Crippen molar-refractivity contribution in [2.45, 2.75) is 27.3 Å². The summed E-state index contributed by atoms with van der Waals surface area (Å²) in [4.78, 5) is 4.36. The number of nitrogens with one attached hydrogen (secondary N) is 1. The van der Waals surface area contributed by atoms with Crippen molar-refractivity contribution in [1.82, 2.24) is 14.8 Å². The largest absolute Gasteiger partial charge is 0.278 e. The molecule has 5 nitrogen and oxygen atoms in total. The van der Waals surface area contributed by atoms with Gasteiger partial charge in [-0.25, -0.2) is 0 Å². The van der Waals surface area contributed by atoms with Crippen LogP contribution < -0.4 is 5.43 Å². The molecule has 1 N–H and O–H groups in total. The van der Waals surface area contributed by atoms with Gasteiger partial charge in [-0.05, 0) is 50.6 Å². The summed E-state index contributed by atoms with van der Waals surface area (Å²) in [6.45, 7) is 6.91. The smallest absolute Gasteiger partial charge is 0.0738 e. The SMILES string of the molecule is Cc1ccc(Cn2nc(C)c(/C=N/Nc3ccnc4cc(Cl)ccc34)c2C)cc1. The van der Waals surface area contributed by atoms with Crippen LogP contribution in [0.2, 0.25) is 5.02 Å². The third-order valence-corrected chi connectivity index (χ3v) is 5.21. The van der Waals surface area contributed by atoms with Crippen LogP contribution in [0.3, 0.4) is 0 Å². The summed E-state index contributed by atoms with van der Waals surface area (Å²) in [5.41, 5.74) is 10.4. The molecule has 146 valence electrons. The van der Waals surface area contributed by atoms with Gasteiger partial charge in [0, 0.05) is 27.9 Å². The zero-order valence-electron chi connectivity index (χ0n) is 16.6. The van der Waals surface area contributed by atoms with Crippen molar-refractivity contribution >= 4 is 34.4 Å². The lowest BCUT2D eigenvalue weighted by Crippen LogP contribution is -2.04. The summed E-state index contributed by atoms with van der Waals surface area (Å²) in [6.07, 6.45) is 3.57. The standard InChI is InChI=1S/C23H22ClN5/c1-15-4-6-18(7-5-15)14-29-17(3)21(16(2)28-29)13-26-27-22-10-11-25-23-12-19(24)8-9-20(22)23/h4-13H,14H2,1-3H3,(H,25,27)/b26-13+. The molecule has 0 aliphatic carbocycles. The van der Waals surface area contributed by atoms with Crippen LogP contribution in [0.15, 0.2) is 59.8 Å². The molecule has 2 aromatic carbocycles. The third-order valence-electron chi connectivity index (χ3n) is 4.97. The summed E-state index contributed by atoms with van der Waals surface area (Å²) in [5, 5.41) is 10.8. The Kier molecular flexibility index (Phi) is 5.32. The Labute approximate surface area is 175 Å². The fraction of sp³-hybridized carbons (Fsp3) is 0.174. The van der Waals surface area contributed by atoms with Crippen molar-refractivity contribution in [2.24, 2.45) is 5.10 Å². The molecule has 0 saturated heterocycles. The molecule has 29 heavy (non-hydrogen) atoms. The predicted octanol–water partition coefficient (Wildman–Crippen LogP) is 5.50. The quantitative estimate of drug-likeness (QED) is 0.353. The van der Waals surface area contributed by atoms with E-state index in [0.29, 0.717) is 5.02 Å². The molecule has 0 aliphatic heterocycles. The van der Waals surface area contributed by atoms with Crippen molar-refractivity contribution in [3.63, 3.8) is 0 Å². The second kappa shape index (κ2) is 8.05. The van der Waals surface area contributed by atoms with Crippen LogP contribution in [0.1, 0.15) is 28.1 Å². The third kappa shape index (κ3) is 4.15. The zero-order valence-corrected chi connectivity index (χ0v) is 17.4. The number of anilines is 1. The molecule has 0 radical (unpaired) electrons. The highest BCUT2D eigenvalue weighted by Gasteiger charge is 2.10. The average molecular weight is 404 g/mol. The molecule has 0 amide bonds. The van der Waals surface area contributed by atoms with Gasteiger partial charge in [-0.1, -0.05) is 41.4 Å². The Morgan fingerprint density at radius 3 is 2.66 bits per heavy atom. The van der Waals surface area contributed by atoms with Crippen LogP contribution in [-0.2, 0) is 6.54 Å². The number of fused-ring (bicyclic) bond motifs is 1. The summed E-state index contributed by atoms with van der Waals surface area (Å²) < 4.78 is 2.02. The predicted molar refractivity (Wildman–Crippen MR) is 120 cm³/mol. The Bertz CT molecular complexity index is 1190. The summed E-state index contributed by atoms with van der Waals surface area (Å²) in [5.74, 6) is 0. The van der Waals surface area contributed by atoms with E-state index < -0.39 is 0 Å². The molecular weight excluding hydrogens is 382 g/mol. The molecule has 0 unspecified atom stereocenters. The molecular formula is C23H22ClN5. The van der Waals surface area contributed by atoms with Gasteiger partial charge in [-0.3, -0.25) is 15.1 Å². The van der Waals surface area contributed by atoms with Crippen molar-refractivity contribution in [1.29, 1.82) is 0 Å². The molecule has 0 aliphatic rings. The van der Waals surface area contributed by atoms with E-state index in [1.807, 2.05) is 42.1 Å². The van der Waals surface area contributed by atoms with Gasteiger partial charge in [0.2, 0.25) is 0 Å². The molecule has 6 heteroatoms. The van der Waals surface area contributed by atoms with E-state index in [9.17, 15) is 0 Å². The minimum atomic E-state index is 0.665. The topological polar surface area (TPSA) is 55.1 Å². The highest BCUT2D eigenvalue weighted by molar-refractivity contribution is 6.31. The molecule has 2 heterocycles. The molecule has 0 bridgehead atoms. The van der Waals surface area contributed by atoms with Gasteiger partial charge in [-0.2, -0.15) is 10.2 Å². The number of nitrogens with zero attached hydrogens (tertiary/aromatic N) is 4. The maximum atomic E-state index is 6.06. The van der Waals surface area contributed by atoms with E-state index in [2.05, 4.69) is 58.7 Å². The molecule has 4 aromatic rings. The number of hydrogen-bond acceptors (Lipinski definition) is 4. The van der Waals surface area contributed by atoms with E-state index in [-0.39, 0.29) is 0 Å². The number of benzene rings is 2. The van der Waals surface area contributed by atoms with Gasteiger partial charge in [0.15, 0.2) is 0 Å². The molecule has 0 atom stereocenters. The van der Waals surface area contributed by atoms with Crippen LogP contribution in [-0.4, -0.2) is 21.0 Å². The minimum Gasteiger partial charge on any atom is -0.278 e. The first-order valence-electron chi connectivity index (χ1n) is 9.44. The highest BCUT2D eigenvalue weighted by atomic mass is 35.5. The van der Waals surface area contributed by atoms with Gasteiger partial charge in [0.05, 0.1) is 29.7 Å². The molecule has 0 spiro atoms. The van der Waals surface area contributed by atoms with E-state index in [4.69, 9.17) is 11.6 Å². The number of hydrogen-bond donors (Lipinski definition) is 1. The van der Waals surface area contributed by atoms with Gasteiger partial charge in [-0.15, -0.1) is 0 Å². The maximum Gasteiger partial charge on any atom is 0.0738 e. The van der Waals surface area contributed by atoms with Crippen LogP contribution in [0.4, 0.5) is 5.69 Å². The van der Waals surface area contributed by atoms with Crippen molar-refractivity contribution < 1.29 is 0 Å². The van der Waals surface area contributed by atoms with E-state index in [1.54, 1.807) is 6.20 Å². The van der Waals surface area contributed by atoms with E-state index in [1.165, 1.54) is 11.1 Å². The monoisotopic (exact) mass is 403 g/mol. The van der Waals surface area contributed by atoms with Gasteiger partial charge >= 0.3 is 0 Å². The second-order valence-electron chi connectivity index (χ2n) is 7.12. The Morgan fingerprint density at radius 1 is 1.07 bits per heavy atom. The van der Waals surface area contributed by atoms with E-state index in [0.717, 1.165) is 40.1 Å². The first-order valence-corrected chi connectivity index (χ1v) is 9.82. The van der Waals surface area contributed by atoms with Crippen LogP contribution in [0, 0.1) is 20.8 Å².